The smallest absolute Gasteiger partial charge is 0.355 e. The molecule has 0 aliphatic carbocycles. The number of amides is 1. The quantitative estimate of drug-likeness (QED) is 0.822. The number of carbonyl (C=O) groups excluding carboxylic acids is 1. The van der Waals surface area contributed by atoms with Crippen LogP contribution in [0.4, 0.5) is 0 Å². The molecule has 0 aliphatic rings. The van der Waals surface area contributed by atoms with E-state index < -0.39 is 17.4 Å². The molecular formula is C10H14N2O4S. The molecule has 0 atom stereocenters. The predicted octanol–water partition coefficient (Wildman–Crippen LogP) is 0.996. The number of methoxy groups -OCH3 is 1. The Bertz CT molecular complexity index is 428. The second-order valence-corrected chi connectivity index (χ2v) is 4.97. The molecule has 0 fully saturated rings. The SMILES string of the molecule is COCC(C)(C)NC(=O)c1nc(C(=O)O)cs1. The van der Waals surface area contributed by atoms with Crippen molar-refractivity contribution in [2.45, 2.75) is 19.4 Å². The summed E-state index contributed by atoms with van der Waals surface area (Å²) < 4.78 is 4.96. The summed E-state index contributed by atoms with van der Waals surface area (Å²) in [5.74, 6) is -1.54. The number of aromatic nitrogens is 1. The van der Waals surface area contributed by atoms with Crippen LogP contribution in [-0.2, 0) is 4.74 Å². The largest absolute Gasteiger partial charge is 0.476 e. The highest BCUT2D eigenvalue weighted by molar-refractivity contribution is 7.11. The van der Waals surface area contributed by atoms with Crippen LogP contribution >= 0.6 is 11.3 Å². The van der Waals surface area contributed by atoms with Gasteiger partial charge in [0.2, 0.25) is 0 Å². The number of nitrogens with zero attached hydrogens (tertiary/aromatic N) is 1. The van der Waals surface area contributed by atoms with Crippen LogP contribution in [0.15, 0.2) is 5.38 Å². The highest BCUT2D eigenvalue weighted by atomic mass is 32.1. The maximum atomic E-state index is 11.8. The van der Waals surface area contributed by atoms with Gasteiger partial charge in [0.1, 0.15) is 0 Å². The van der Waals surface area contributed by atoms with Crippen molar-refractivity contribution in [3.8, 4) is 0 Å². The number of nitrogens with one attached hydrogen (secondary N) is 1. The molecule has 1 aromatic rings. The van der Waals surface area contributed by atoms with Crippen LogP contribution in [0.2, 0.25) is 0 Å². The van der Waals surface area contributed by atoms with Gasteiger partial charge in [0, 0.05) is 12.5 Å². The molecule has 1 aromatic heterocycles. The zero-order valence-electron chi connectivity index (χ0n) is 9.81. The summed E-state index contributed by atoms with van der Waals surface area (Å²) >= 11 is 1.000. The third-order valence-electron chi connectivity index (χ3n) is 1.87. The third kappa shape index (κ3) is 3.79. The molecule has 94 valence electrons. The highest BCUT2D eigenvalue weighted by Gasteiger charge is 2.23. The number of thiazole rings is 1. The van der Waals surface area contributed by atoms with Crippen molar-refractivity contribution >= 4 is 23.2 Å². The van der Waals surface area contributed by atoms with Crippen molar-refractivity contribution in [2.24, 2.45) is 0 Å². The first-order valence-corrected chi connectivity index (χ1v) is 5.74. The summed E-state index contributed by atoms with van der Waals surface area (Å²) in [6, 6.07) is 0. The number of rotatable bonds is 5. The molecule has 0 bridgehead atoms. The van der Waals surface area contributed by atoms with E-state index >= 15 is 0 Å². The fourth-order valence-corrected chi connectivity index (χ4v) is 1.92. The molecule has 0 saturated carbocycles. The summed E-state index contributed by atoms with van der Waals surface area (Å²) in [5, 5.41) is 12.9. The van der Waals surface area contributed by atoms with E-state index in [2.05, 4.69) is 10.3 Å². The zero-order valence-corrected chi connectivity index (χ0v) is 10.6. The second kappa shape index (κ2) is 5.24. The number of hydrogen-bond acceptors (Lipinski definition) is 5. The van der Waals surface area contributed by atoms with Gasteiger partial charge in [-0.3, -0.25) is 4.79 Å². The standard InChI is InChI=1S/C10H14N2O4S/c1-10(2,5-16-3)12-7(13)8-11-6(4-17-8)9(14)15/h4H,5H2,1-3H3,(H,12,13)(H,14,15). The number of aromatic carboxylic acids is 1. The molecule has 2 N–H and O–H groups in total. The summed E-state index contributed by atoms with van der Waals surface area (Å²) in [6.07, 6.45) is 0. The zero-order chi connectivity index (χ0) is 13.1. The van der Waals surface area contributed by atoms with Crippen molar-refractivity contribution in [3.05, 3.63) is 16.1 Å². The molecule has 0 saturated heterocycles. The maximum Gasteiger partial charge on any atom is 0.355 e. The van der Waals surface area contributed by atoms with Crippen molar-refractivity contribution in [1.29, 1.82) is 0 Å². The third-order valence-corrected chi connectivity index (χ3v) is 2.72. The van der Waals surface area contributed by atoms with Gasteiger partial charge in [0.25, 0.3) is 5.91 Å². The van der Waals surface area contributed by atoms with Crippen LogP contribution in [0.25, 0.3) is 0 Å². The molecule has 0 radical (unpaired) electrons. The summed E-state index contributed by atoms with van der Waals surface area (Å²) in [7, 11) is 1.54. The van der Waals surface area contributed by atoms with E-state index in [-0.39, 0.29) is 10.7 Å². The average Bonchev–Trinajstić information content (AvgIpc) is 2.64. The van der Waals surface area contributed by atoms with Crippen molar-refractivity contribution < 1.29 is 19.4 Å². The Balaban J connectivity index is 2.73. The number of hydrogen-bond donors (Lipinski definition) is 2. The first-order valence-electron chi connectivity index (χ1n) is 4.86. The molecule has 17 heavy (non-hydrogen) atoms. The van der Waals surface area contributed by atoms with Gasteiger partial charge in [-0.15, -0.1) is 11.3 Å². The lowest BCUT2D eigenvalue weighted by molar-refractivity contribution is 0.0691. The molecule has 6 nitrogen and oxygen atoms in total. The Labute approximate surface area is 103 Å². The minimum atomic E-state index is -1.14. The fourth-order valence-electron chi connectivity index (χ4n) is 1.23. The van der Waals surface area contributed by atoms with Crippen molar-refractivity contribution in [1.82, 2.24) is 10.3 Å². The van der Waals surface area contributed by atoms with E-state index in [1.54, 1.807) is 21.0 Å². The fraction of sp³-hybridized carbons (Fsp3) is 0.500. The first-order chi connectivity index (χ1) is 7.85. The Morgan fingerprint density at radius 3 is 2.71 bits per heavy atom. The normalized spacial score (nSPS) is 11.2. The Kier molecular flexibility index (Phi) is 4.19. The predicted molar refractivity (Wildman–Crippen MR) is 62.5 cm³/mol. The summed E-state index contributed by atoms with van der Waals surface area (Å²) in [6.45, 7) is 3.97. The molecule has 7 heteroatoms. The van der Waals surface area contributed by atoms with Crippen LogP contribution in [0.3, 0.4) is 0 Å². The van der Waals surface area contributed by atoms with Gasteiger partial charge in [0.15, 0.2) is 10.7 Å². The molecule has 1 heterocycles. The van der Waals surface area contributed by atoms with Crippen molar-refractivity contribution in [3.63, 3.8) is 0 Å². The van der Waals surface area contributed by atoms with Crippen molar-refractivity contribution in [2.75, 3.05) is 13.7 Å². The molecule has 1 rings (SSSR count). The van der Waals surface area contributed by atoms with Crippen LogP contribution in [0.1, 0.15) is 34.1 Å². The number of carbonyl (C=O) groups is 2. The molecule has 0 aliphatic heterocycles. The monoisotopic (exact) mass is 258 g/mol. The summed E-state index contributed by atoms with van der Waals surface area (Å²) in [5.41, 5.74) is -0.648. The minimum absolute atomic E-state index is 0.121. The van der Waals surface area contributed by atoms with E-state index in [0.29, 0.717) is 6.61 Å². The molecular weight excluding hydrogens is 244 g/mol. The maximum absolute atomic E-state index is 11.8. The molecule has 1 amide bonds. The van der Waals surface area contributed by atoms with E-state index in [4.69, 9.17) is 9.84 Å². The molecule has 0 spiro atoms. The van der Waals surface area contributed by atoms with E-state index in [9.17, 15) is 9.59 Å². The number of carboxylic acid groups (broad SMARTS) is 1. The van der Waals surface area contributed by atoms with Crippen LogP contribution < -0.4 is 5.32 Å². The number of ether oxygens (including phenoxy) is 1. The minimum Gasteiger partial charge on any atom is -0.476 e. The highest BCUT2D eigenvalue weighted by Crippen LogP contribution is 2.11. The lowest BCUT2D eigenvalue weighted by Gasteiger charge is -2.24. The van der Waals surface area contributed by atoms with Crippen LogP contribution in [0, 0.1) is 0 Å². The Morgan fingerprint density at radius 1 is 1.59 bits per heavy atom. The van der Waals surface area contributed by atoms with Crippen LogP contribution in [-0.4, -0.2) is 41.2 Å². The molecule has 0 aromatic carbocycles. The average molecular weight is 258 g/mol. The Morgan fingerprint density at radius 2 is 2.24 bits per heavy atom. The van der Waals surface area contributed by atoms with Gasteiger partial charge in [-0.2, -0.15) is 0 Å². The van der Waals surface area contributed by atoms with E-state index in [1.165, 1.54) is 5.38 Å². The van der Waals surface area contributed by atoms with Gasteiger partial charge in [0.05, 0.1) is 12.1 Å². The lowest BCUT2D eigenvalue weighted by atomic mass is 10.1. The van der Waals surface area contributed by atoms with Gasteiger partial charge in [-0.05, 0) is 13.8 Å². The Hall–Kier alpha value is -1.47. The first kappa shape index (κ1) is 13.6. The van der Waals surface area contributed by atoms with Gasteiger partial charge in [-0.1, -0.05) is 0 Å². The lowest BCUT2D eigenvalue weighted by Crippen LogP contribution is -2.46. The van der Waals surface area contributed by atoms with E-state index in [0.717, 1.165) is 11.3 Å². The van der Waals surface area contributed by atoms with Gasteiger partial charge >= 0.3 is 5.97 Å². The van der Waals surface area contributed by atoms with Gasteiger partial charge in [-0.25, -0.2) is 9.78 Å². The second-order valence-electron chi connectivity index (χ2n) is 4.11. The van der Waals surface area contributed by atoms with Gasteiger partial charge < -0.3 is 15.2 Å². The van der Waals surface area contributed by atoms with Crippen LogP contribution in [0.5, 0.6) is 0 Å². The number of carboxylic acids is 1. The molecule has 0 unspecified atom stereocenters. The van der Waals surface area contributed by atoms with E-state index in [1.807, 2.05) is 0 Å². The summed E-state index contributed by atoms with van der Waals surface area (Å²) in [4.78, 5) is 26.1. The topological polar surface area (TPSA) is 88.5 Å².